The third kappa shape index (κ3) is 4.11. The molecule has 0 saturated carbocycles. The Morgan fingerprint density at radius 3 is 2.38 bits per heavy atom. The third-order valence-corrected chi connectivity index (χ3v) is 6.28. The van der Waals surface area contributed by atoms with Crippen LogP contribution in [0, 0.1) is 11.3 Å². The lowest BCUT2D eigenvalue weighted by Gasteiger charge is -2.44. The Morgan fingerprint density at radius 1 is 1.06 bits per heavy atom. The van der Waals surface area contributed by atoms with Crippen LogP contribution in [0.1, 0.15) is 50.3 Å². The first-order valence-corrected chi connectivity index (χ1v) is 11.4. The van der Waals surface area contributed by atoms with Gasteiger partial charge in [-0.2, -0.15) is 5.26 Å². The number of aliphatic hydroxyl groups excluding tert-OH is 1. The molecule has 0 bridgehead atoms. The number of aliphatic hydroxyl groups is 1. The average Bonchev–Trinajstić information content (AvgIpc) is 2.83. The summed E-state index contributed by atoms with van der Waals surface area (Å²) in [6, 6.07) is 25.0. The minimum atomic E-state index is -0.889. The molecule has 3 aromatic rings. The maximum atomic E-state index is 12.7. The Labute approximate surface area is 200 Å². The summed E-state index contributed by atoms with van der Waals surface area (Å²) in [6.07, 6.45) is -0.889. The molecule has 0 aliphatic carbocycles. The summed E-state index contributed by atoms with van der Waals surface area (Å²) in [7, 11) is 0. The number of benzene rings is 3. The number of anilines is 2. The highest BCUT2D eigenvalue weighted by molar-refractivity contribution is 5.80. The van der Waals surface area contributed by atoms with Crippen molar-refractivity contribution < 1.29 is 14.6 Å². The molecule has 174 valence electrons. The van der Waals surface area contributed by atoms with Crippen LogP contribution < -0.4 is 9.75 Å². The second-order valence-corrected chi connectivity index (χ2v) is 8.93. The molecule has 1 amide bonds. The van der Waals surface area contributed by atoms with Crippen molar-refractivity contribution in [2.75, 3.05) is 11.6 Å². The Morgan fingerprint density at radius 2 is 1.74 bits per heavy atom. The van der Waals surface area contributed by atoms with Crippen LogP contribution in [0.15, 0.2) is 72.8 Å². The molecule has 0 aromatic heterocycles. The van der Waals surface area contributed by atoms with Gasteiger partial charge in [-0.3, -0.25) is 9.80 Å². The van der Waals surface area contributed by atoms with Crippen molar-refractivity contribution in [3.8, 4) is 11.8 Å². The maximum Gasteiger partial charge on any atom is 0.238 e. The Bertz CT molecular complexity index is 1230. The van der Waals surface area contributed by atoms with Crippen LogP contribution in [-0.4, -0.2) is 34.3 Å². The van der Waals surface area contributed by atoms with Crippen molar-refractivity contribution in [3.05, 3.63) is 89.5 Å². The first kappa shape index (κ1) is 23.3. The second-order valence-electron chi connectivity index (χ2n) is 8.93. The zero-order valence-corrected chi connectivity index (χ0v) is 19.9. The molecule has 1 aliphatic heterocycles. The molecule has 34 heavy (non-hydrogen) atoms. The lowest BCUT2D eigenvalue weighted by molar-refractivity contribution is -0.128. The Hall–Kier alpha value is -3.82. The minimum Gasteiger partial charge on any atom is -0.485 e. The molecule has 0 saturated heterocycles. The van der Waals surface area contributed by atoms with Crippen LogP contribution >= 0.6 is 0 Å². The lowest BCUT2D eigenvalue weighted by atomic mass is 9.76. The van der Waals surface area contributed by atoms with Gasteiger partial charge >= 0.3 is 0 Å². The van der Waals surface area contributed by atoms with Crippen molar-refractivity contribution in [2.45, 2.75) is 45.3 Å². The largest absolute Gasteiger partial charge is 0.485 e. The van der Waals surface area contributed by atoms with Crippen LogP contribution in [0.25, 0.3) is 0 Å². The number of para-hydroxylation sites is 2. The summed E-state index contributed by atoms with van der Waals surface area (Å²) in [5.74, 6) is 0.0700. The monoisotopic (exact) mass is 455 g/mol. The van der Waals surface area contributed by atoms with Gasteiger partial charge in [0, 0.05) is 24.9 Å². The van der Waals surface area contributed by atoms with E-state index in [0.29, 0.717) is 17.9 Å². The van der Waals surface area contributed by atoms with Crippen molar-refractivity contribution in [1.29, 1.82) is 5.26 Å². The van der Waals surface area contributed by atoms with Crippen molar-refractivity contribution in [1.82, 2.24) is 5.01 Å². The van der Waals surface area contributed by atoms with E-state index in [0.717, 1.165) is 22.5 Å². The highest BCUT2D eigenvalue weighted by Gasteiger charge is 2.45. The number of hydrogen-bond donors (Lipinski definition) is 1. The minimum absolute atomic E-state index is 0.0961. The van der Waals surface area contributed by atoms with Gasteiger partial charge in [0.1, 0.15) is 17.5 Å². The van der Waals surface area contributed by atoms with Crippen LogP contribution in [0.2, 0.25) is 0 Å². The van der Waals surface area contributed by atoms with Crippen LogP contribution in [-0.2, 0) is 4.79 Å². The summed E-state index contributed by atoms with van der Waals surface area (Å²) in [4.78, 5) is 12.7. The van der Waals surface area contributed by atoms with Crippen LogP contribution in [0.5, 0.6) is 5.75 Å². The highest BCUT2D eigenvalue weighted by atomic mass is 16.5. The number of carbonyl (C=O) groups excluding carboxylic acids is 1. The predicted molar refractivity (Wildman–Crippen MR) is 132 cm³/mol. The van der Waals surface area contributed by atoms with Crippen molar-refractivity contribution >= 4 is 17.3 Å². The molecule has 0 radical (unpaired) electrons. The van der Waals surface area contributed by atoms with Gasteiger partial charge in [0.15, 0.2) is 0 Å². The molecule has 2 atom stereocenters. The molecule has 1 heterocycles. The summed E-state index contributed by atoms with van der Waals surface area (Å²) in [5, 5.41) is 24.6. The Kier molecular flexibility index (Phi) is 6.32. The number of carbonyl (C=O) groups is 1. The van der Waals surface area contributed by atoms with Gasteiger partial charge < -0.3 is 9.84 Å². The van der Waals surface area contributed by atoms with Gasteiger partial charge in [-0.05, 0) is 62.7 Å². The normalized spacial score (nSPS) is 18.2. The van der Waals surface area contributed by atoms with E-state index in [4.69, 9.17) is 4.74 Å². The van der Waals surface area contributed by atoms with Crippen LogP contribution in [0.4, 0.5) is 11.4 Å². The van der Waals surface area contributed by atoms with E-state index < -0.39 is 17.6 Å². The number of fused-ring (bicyclic) bond motifs is 1. The number of ether oxygens (including phenoxy) is 1. The average molecular weight is 456 g/mol. The van der Waals surface area contributed by atoms with Gasteiger partial charge in [0.05, 0.1) is 23.0 Å². The molecule has 0 spiro atoms. The first-order valence-electron chi connectivity index (χ1n) is 11.4. The molecule has 1 N–H and O–H groups in total. The summed E-state index contributed by atoms with van der Waals surface area (Å²) >= 11 is 0. The fraction of sp³-hybridized carbons (Fsp3) is 0.286. The summed E-state index contributed by atoms with van der Waals surface area (Å²) < 4.78 is 6.14. The zero-order valence-electron chi connectivity index (χ0n) is 19.9. The van der Waals surface area contributed by atoms with Crippen molar-refractivity contribution in [3.63, 3.8) is 0 Å². The molecule has 2 unspecified atom stereocenters. The zero-order chi connectivity index (χ0) is 24.5. The number of amides is 1. The lowest BCUT2D eigenvalue weighted by Crippen LogP contribution is -2.49. The van der Waals surface area contributed by atoms with E-state index in [9.17, 15) is 15.2 Å². The Balaban J connectivity index is 1.98. The molecule has 6 nitrogen and oxygen atoms in total. The van der Waals surface area contributed by atoms with E-state index in [-0.39, 0.29) is 5.91 Å². The fourth-order valence-corrected chi connectivity index (χ4v) is 4.63. The van der Waals surface area contributed by atoms with Gasteiger partial charge in [-0.15, -0.1) is 0 Å². The first-order chi connectivity index (χ1) is 16.3. The third-order valence-electron chi connectivity index (χ3n) is 6.28. The topological polar surface area (TPSA) is 76.8 Å². The van der Waals surface area contributed by atoms with E-state index in [1.54, 1.807) is 30.1 Å². The molecule has 3 aromatic carbocycles. The number of hydrogen-bond acceptors (Lipinski definition) is 5. The standard InChI is InChI=1S/C28H29N3O3/c1-5-30(19(2)32)31(21-11-7-6-8-12-21)24-14-10-9-13-22(24)26-23-17-20(18-29)15-16-25(23)34-28(3,4)27(26)33/h6-17,26-27,33H,5H2,1-4H3. The number of nitrogens with zero attached hydrogens (tertiary/aromatic N) is 3. The second kappa shape index (κ2) is 9.20. The van der Waals surface area contributed by atoms with E-state index >= 15 is 0 Å². The fourth-order valence-electron chi connectivity index (χ4n) is 4.63. The molecule has 4 rings (SSSR count). The van der Waals surface area contributed by atoms with E-state index in [1.165, 1.54) is 0 Å². The molecular formula is C28H29N3O3. The number of hydrazine groups is 1. The molecular weight excluding hydrogens is 426 g/mol. The van der Waals surface area contributed by atoms with Gasteiger partial charge in [-0.25, -0.2) is 5.01 Å². The molecule has 6 heteroatoms. The number of rotatable bonds is 5. The highest BCUT2D eigenvalue weighted by Crippen LogP contribution is 2.48. The number of nitriles is 1. The smallest absolute Gasteiger partial charge is 0.238 e. The van der Waals surface area contributed by atoms with E-state index in [1.807, 2.05) is 80.4 Å². The molecule has 1 aliphatic rings. The summed E-state index contributed by atoms with van der Waals surface area (Å²) in [6.45, 7) is 7.66. The predicted octanol–water partition coefficient (Wildman–Crippen LogP) is 5.14. The SMILES string of the molecule is CCN(C(C)=O)N(c1ccccc1)c1ccccc1C1c2cc(C#N)ccc2OC(C)(C)C1O. The summed E-state index contributed by atoms with van der Waals surface area (Å²) in [5.41, 5.74) is 2.83. The maximum absolute atomic E-state index is 12.7. The van der Waals surface area contributed by atoms with Crippen LogP contribution in [0.3, 0.4) is 0 Å². The molecule has 0 fully saturated rings. The van der Waals surface area contributed by atoms with E-state index in [2.05, 4.69) is 6.07 Å². The quantitative estimate of drug-likeness (QED) is 0.539. The van der Waals surface area contributed by atoms with Gasteiger partial charge in [0.2, 0.25) is 5.91 Å². The van der Waals surface area contributed by atoms with Crippen molar-refractivity contribution in [2.24, 2.45) is 0 Å². The van der Waals surface area contributed by atoms with Gasteiger partial charge in [0.25, 0.3) is 0 Å². The van der Waals surface area contributed by atoms with Gasteiger partial charge in [-0.1, -0.05) is 36.4 Å².